The van der Waals surface area contributed by atoms with Crippen molar-refractivity contribution >= 4 is 11.8 Å². The van der Waals surface area contributed by atoms with Crippen LogP contribution in [0.5, 0.6) is 0 Å². The molecule has 1 aliphatic heterocycles. The molecule has 86 valence electrons. The Morgan fingerprint density at radius 2 is 2.13 bits per heavy atom. The van der Waals surface area contributed by atoms with Crippen LogP contribution < -0.4 is 5.32 Å². The van der Waals surface area contributed by atoms with E-state index in [1.807, 2.05) is 25.9 Å². The second-order valence-corrected chi connectivity index (χ2v) is 3.99. The van der Waals surface area contributed by atoms with Gasteiger partial charge in [-0.1, -0.05) is 0 Å². The second kappa shape index (κ2) is 5.23. The molecule has 5 heteroatoms. The number of nitrogens with zero attached hydrogens (tertiary/aromatic N) is 2. The summed E-state index contributed by atoms with van der Waals surface area (Å²) >= 11 is 0. The van der Waals surface area contributed by atoms with Gasteiger partial charge in [-0.15, -0.1) is 0 Å². The summed E-state index contributed by atoms with van der Waals surface area (Å²) < 4.78 is 0. The molecule has 1 aliphatic rings. The molecule has 1 atom stereocenters. The van der Waals surface area contributed by atoms with Crippen molar-refractivity contribution in [3.63, 3.8) is 0 Å². The molecule has 0 saturated carbocycles. The number of hydrogen-bond acceptors (Lipinski definition) is 4. The maximum Gasteiger partial charge on any atom is 0.246 e. The average molecular weight is 213 g/mol. The third-order valence-corrected chi connectivity index (χ3v) is 2.51. The van der Waals surface area contributed by atoms with E-state index < -0.39 is 0 Å². The van der Waals surface area contributed by atoms with Crippen LogP contribution in [0.1, 0.15) is 13.3 Å². The summed E-state index contributed by atoms with van der Waals surface area (Å²) in [6.45, 7) is 3.89. The molecule has 0 aromatic heterocycles. The number of rotatable bonds is 5. The number of likely N-dealkylation sites (tertiary alicyclic amines) is 1. The van der Waals surface area contributed by atoms with Crippen LogP contribution in [0, 0.1) is 0 Å². The molecule has 2 amide bonds. The van der Waals surface area contributed by atoms with Gasteiger partial charge in [0.1, 0.15) is 0 Å². The lowest BCUT2D eigenvalue weighted by molar-refractivity contribution is -0.138. The third-order valence-electron chi connectivity index (χ3n) is 2.51. The van der Waals surface area contributed by atoms with Crippen molar-refractivity contribution in [1.29, 1.82) is 0 Å². The highest BCUT2D eigenvalue weighted by Gasteiger charge is 2.36. The van der Waals surface area contributed by atoms with E-state index in [9.17, 15) is 9.59 Å². The Morgan fingerprint density at radius 1 is 1.47 bits per heavy atom. The van der Waals surface area contributed by atoms with Crippen molar-refractivity contribution in [3.8, 4) is 0 Å². The minimum Gasteiger partial charge on any atom is -0.308 e. The van der Waals surface area contributed by atoms with Gasteiger partial charge in [0.25, 0.3) is 0 Å². The number of amides is 2. The number of imide groups is 1. The molecule has 1 heterocycles. The predicted octanol–water partition coefficient (Wildman–Crippen LogP) is -0.715. The normalized spacial score (nSPS) is 21.9. The van der Waals surface area contributed by atoms with Crippen molar-refractivity contribution in [1.82, 2.24) is 15.1 Å². The highest BCUT2D eigenvalue weighted by molar-refractivity contribution is 6.05. The lowest BCUT2D eigenvalue weighted by Gasteiger charge is -2.14. The van der Waals surface area contributed by atoms with Crippen molar-refractivity contribution in [2.75, 3.05) is 33.7 Å². The Kier molecular flexibility index (Phi) is 4.23. The summed E-state index contributed by atoms with van der Waals surface area (Å²) in [5, 5.41) is 3.10. The molecule has 15 heavy (non-hydrogen) atoms. The molecule has 0 radical (unpaired) electrons. The first-order valence-corrected chi connectivity index (χ1v) is 5.28. The van der Waals surface area contributed by atoms with Crippen LogP contribution in [0.3, 0.4) is 0 Å². The molecule has 0 bridgehead atoms. The molecule has 0 aromatic carbocycles. The Balaban J connectivity index is 2.38. The largest absolute Gasteiger partial charge is 0.308 e. The topological polar surface area (TPSA) is 52.7 Å². The second-order valence-electron chi connectivity index (χ2n) is 3.99. The van der Waals surface area contributed by atoms with Crippen LogP contribution in [0.4, 0.5) is 0 Å². The van der Waals surface area contributed by atoms with Crippen molar-refractivity contribution in [2.45, 2.75) is 19.4 Å². The van der Waals surface area contributed by atoms with Crippen LogP contribution in [-0.4, -0.2) is 61.4 Å². The fourth-order valence-electron chi connectivity index (χ4n) is 1.64. The number of likely N-dealkylation sites (N-methyl/N-ethyl adjacent to an activating group) is 2. The molecule has 1 unspecified atom stereocenters. The molecule has 5 nitrogen and oxygen atoms in total. The van der Waals surface area contributed by atoms with Gasteiger partial charge in [-0.25, -0.2) is 0 Å². The van der Waals surface area contributed by atoms with Gasteiger partial charge in [0.05, 0.1) is 12.5 Å². The van der Waals surface area contributed by atoms with Crippen molar-refractivity contribution in [2.24, 2.45) is 0 Å². The van der Waals surface area contributed by atoms with E-state index >= 15 is 0 Å². The highest BCUT2D eigenvalue weighted by atomic mass is 16.2. The number of carbonyl (C=O) groups is 2. The Hall–Kier alpha value is -0.940. The number of nitrogens with one attached hydrogen (secondary N) is 1. The van der Waals surface area contributed by atoms with Gasteiger partial charge in [0, 0.05) is 19.6 Å². The zero-order chi connectivity index (χ0) is 11.4. The Labute approximate surface area is 90.4 Å². The maximum atomic E-state index is 11.7. The van der Waals surface area contributed by atoms with Crippen LogP contribution in [-0.2, 0) is 9.59 Å². The fourth-order valence-corrected chi connectivity index (χ4v) is 1.64. The summed E-state index contributed by atoms with van der Waals surface area (Å²) in [5.74, 6) is -0.147. The summed E-state index contributed by atoms with van der Waals surface area (Å²) in [5.41, 5.74) is 0. The van der Waals surface area contributed by atoms with Gasteiger partial charge in [-0.2, -0.15) is 0 Å². The van der Waals surface area contributed by atoms with Crippen LogP contribution in [0.25, 0.3) is 0 Å². The predicted molar refractivity (Wildman–Crippen MR) is 57.4 cm³/mol. The molecule has 1 N–H and O–H groups in total. The summed E-state index contributed by atoms with van der Waals surface area (Å²) in [4.78, 5) is 26.4. The van der Waals surface area contributed by atoms with Gasteiger partial charge in [0.2, 0.25) is 11.8 Å². The van der Waals surface area contributed by atoms with Gasteiger partial charge in [-0.05, 0) is 21.0 Å². The van der Waals surface area contributed by atoms with Crippen LogP contribution >= 0.6 is 0 Å². The fraction of sp³-hybridized carbons (Fsp3) is 0.800. The zero-order valence-electron chi connectivity index (χ0n) is 9.62. The van der Waals surface area contributed by atoms with Gasteiger partial charge in [-0.3, -0.25) is 14.5 Å². The molecule has 1 rings (SSSR count). The van der Waals surface area contributed by atoms with Crippen molar-refractivity contribution in [3.05, 3.63) is 0 Å². The highest BCUT2D eigenvalue weighted by Crippen LogP contribution is 2.11. The average Bonchev–Trinajstić information content (AvgIpc) is 2.41. The van der Waals surface area contributed by atoms with E-state index in [4.69, 9.17) is 0 Å². The van der Waals surface area contributed by atoms with Crippen LogP contribution in [0.2, 0.25) is 0 Å². The molecule has 0 aliphatic carbocycles. The number of hydrogen-bond donors (Lipinski definition) is 1. The zero-order valence-corrected chi connectivity index (χ0v) is 9.62. The lowest BCUT2D eigenvalue weighted by Crippen LogP contribution is -2.41. The minimum atomic E-state index is -0.308. The maximum absolute atomic E-state index is 11.7. The Bertz CT molecular complexity index is 253. The van der Waals surface area contributed by atoms with Gasteiger partial charge < -0.3 is 10.2 Å². The molecule has 1 saturated heterocycles. The lowest BCUT2D eigenvalue weighted by atomic mass is 10.2. The molecule has 1 fully saturated rings. The summed E-state index contributed by atoms with van der Waals surface area (Å²) in [6, 6.07) is -0.308. The van der Waals surface area contributed by atoms with E-state index in [0.717, 1.165) is 13.1 Å². The van der Waals surface area contributed by atoms with Crippen LogP contribution in [0.15, 0.2) is 0 Å². The van der Waals surface area contributed by atoms with E-state index in [2.05, 4.69) is 5.32 Å². The quantitative estimate of drug-likeness (QED) is 0.613. The standard InChI is InChI=1S/C10H19N3O2/c1-4-13-9(14)7-8(10(13)15)11-5-6-12(2)3/h8,11H,4-7H2,1-3H3. The first kappa shape index (κ1) is 12.1. The van der Waals surface area contributed by atoms with Gasteiger partial charge >= 0.3 is 0 Å². The van der Waals surface area contributed by atoms with E-state index in [-0.39, 0.29) is 17.9 Å². The van der Waals surface area contributed by atoms with E-state index in [0.29, 0.717) is 13.0 Å². The number of carbonyl (C=O) groups excluding carboxylic acids is 2. The minimum absolute atomic E-state index is 0.0650. The smallest absolute Gasteiger partial charge is 0.246 e. The SMILES string of the molecule is CCN1C(=O)CC(NCCN(C)C)C1=O. The molecular formula is C10H19N3O2. The first-order chi connectivity index (χ1) is 7.06. The Morgan fingerprint density at radius 3 is 2.60 bits per heavy atom. The monoisotopic (exact) mass is 213 g/mol. The third kappa shape index (κ3) is 3.00. The molecular weight excluding hydrogens is 194 g/mol. The summed E-state index contributed by atoms with van der Waals surface area (Å²) in [7, 11) is 3.95. The van der Waals surface area contributed by atoms with E-state index in [1.54, 1.807) is 0 Å². The van der Waals surface area contributed by atoms with Gasteiger partial charge in [0.15, 0.2) is 0 Å². The summed E-state index contributed by atoms with van der Waals surface area (Å²) in [6.07, 6.45) is 0.306. The molecule has 0 spiro atoms. The van der Waals surface area contributed by atoms with E-state index in [1.165, 1.54) is 4.90 Å². The molecule has 0 aromatic rings. The first-order valence-electron chi connectivity index (χ1n) is 5.28. The van der Waals surface area contributed by atoms with Crippen molar-refractivity contribution < 1.29 is 9.59 Å².